The highest BCUT2D eigenvalue weighted by Gasteiger charge is 2.14. The van der Waals surface area contributed by atoms with Crippen LogP contribution < -0.4 is 5.32 Å². The molecule has 0 saturated carbocycles. The summed E-state index contributed by atoms with van der Waals surface area (Å²) in [5, 5.41) is 17.8. The van der Waals surface area contributed by atoms with Gasteiger partial charge in [-0.3, -0.25) is 14.5 Å². The molecule has 0 bridgehead atoms. The Hall–Kier alpha value is -4.21. The topological polar surface area (TPSA) is 83.6 Å². The van der Waals surface area contributed by atoms with Crippen molar-refractivity contribution in [1.29, 1.82) is 5.26 Å². The number of carbonyl (C=O) groups excluding carboxylic acids is 1. The number of benzene rings is 2. The van der Waals surface area contributed by atoms with Crippen molar-refractivity contribution in [2.24, 2.45) is 0 Å². The molecule has 4 aromatic rings. The van der Waals surface area contributed by atoms with Crippen molar-refractivity contribution in [3.05, 3.63) is 113 Å². The third kappa shape index (κ3) is 5.73. The zero-order chi connectivity index (χ0) is 23.0. The number of nitrogens with zero attached hydrogens (tertiary/aromatic N) is 4. The number of nitrogens with one attached hydrogen (secondary N) is 1. The van der Waals surface area contributed by atoms with Gasteiger partial charge >= 0.3 is 0 Å². The average Bonchev–Trinajstić information content (AvgIpc) is 3.25. The Morgan fingerprint density at radius 1 is 1.06 bits per heavy atom. The van der Waals surface area contributed by atoms with E-state index >= 15 is 0 Å². The minimum absolute atomic E-state index is 0.00196. The lowest BCUT2D eigenvalue weighted by atomic mass is 10.1. The third-order valence-electron chi connectivity index (χ3n) is 4.94. The first-order valence-corrected chi connectivity index (χ1v) is 10.7. The van der Waals surface area contributed by atoms with Gasteiger partial charge in [0.15, 0.2) is 0 Å². The van der Waals surface area contributed by atoms with Crippen LogP contribution >= 0.6 is 11.6 Å². The Morgan fingerprint density at radius 3 is 2.55 bits per heavy atom. The van der Waals surface area contributed by atoms with Crippen LogP contribution in [0, 0.1) is 11.3 Å². The van der Waals surface area contributed by atoms with Crippen molar-refractivity contribution in [1.82, 2.24) is 20.1 Å². The number of amides is 1. The number of carbonyl (C=O) groups is 1. The van der Waals surface area contributed by atoms with Gasteiger partial charge in [0.05, 0.1) is 12.2 Å². The molecule has 4 rings (SSSR count). The highest BCUT2D eigenvalue weighted by molar-refractivity contribution is 6.30. The maximum absolute atomic E-state index is 12.7. The van der Waals surface area contributed by atoms with Gasteiger partial charge in [-0.05, 0) is 35.4 Å². The zero-order valence-corrected chi connectivity index (χ0v) is 18.4. The molecule has 162 valence electrons. The molecule has 1 N–H and O–H groups in total. The minimum atomic E-state index is -0.453. The molecule has 0 fully saturated rings. The Labute approximate surface area is 196 Å². The number of halogens is 1. The predicted molar refractivity (Wildman–Crippen MR) is 128 cm³/mol. The fourth-order valence-corrected chi connectivity index (χ4v) is 3.43. The van der Waals surface area contributed by atoms with Gasteiger partial charge in [0.2, 0.25) is 0 Å². The maximum Gasteiger partial charge on any atom is 0.262 e. The predicted octanol–water partition coefficient (Wildman–Crippen LogP) is 4.87. The second kappa shape index (κ2) is 10.4. The summed E-state index contributed by atoms with van der Waals surface area (Å²) in [6.07, 6.45) is 6.75. The Kier molecular flexibility index (Phi) is 6.93. The lowest BCUT2D eigenvalue weighted by molar-refractivity contribution is -0.117. The molecule has 0 atom stereocenters. The van der Waals surface area contributed by atoms with Gasteiger partial charge < -0.3 is 5.32 Å². The molecule has 0 aliphatic carbocycles. The van der Waals surface area contributed by atoms with Crippen molar-refractivity contribution in [3.8, 4) is 17.3 Å². The normalized spacial score (nSPS) is 11.1. The average molecular weight is 454 g/mol. The molecule has 1 amide bonds. The van der Waals surface area contributed by atoms with Crippen LogP contribution in [0.25, 0.3) is 17.3 Å². The summed E-state index contributed by atoms with van der Waals surface area (Å²) < 4.78 is 1.79. The summed E-state index contributed by atoms with van der Waals surface area (Å²) in [6, 6.07) is 22.9. The van der Waals surface area contributed by atoms with E-state index in [-0.39, 0.29) is 12.1 Å². The molecule has 6 nitrogen and oxygen atoms in total. The van der Waals surface area contributed by atoms with Crippen molar-refractivity contribution in [2.75, 3.05) is 0 Å². The first kappa shape index (κ1) is 22.0. The van der Waals surface area contributed by atoms with Gasteiger partial charge in [-0.25, -0.2) is 0 Å². The zero-order valence-electron chi connectivity index (χ0n) is 17.6. The molecule has 0 radical (unpaired) electrons. The molecule has 7 heteroatoms. The molecule has 0 saturated heterocycles. The molecule has 0 unspecified atom stereocenters. The van der Waals surface area contributed by atoms with E-state index in [0.717, 1.165) is 16.7 Å². The Morgan fingerprint density at radius 2 is 1.85 bits per heavy atom. The van der Waals surface area contributed by atoms with Gasteiger partial charge in [0, 0.05) is 41.3 Å². The number of aromatic nitrogens is 3. The van der Waals surface area contributed by atoms with Gasteiger partial charge in [0.25, 0.3) is 5.91 Å². The van der Waals surface area contributed by atoms with E-state index in [9.17, 15) is 10.1 Å². The molecular formula is C26H20ClN5O. The van der Waals surface area contributed by atoms with Crippen molar-refractivity contribution >= 4 is 23.6 Å². The van der Waals surface area contributed by atoms with Gasteiger partial charge in [-0.15, -0.1) is 0 Å². The highest BCUT2D eigenvalue weighted by Crippen LogP contribution is 2.25. The summed E-state index contributed by atoms with van der Waals surface area (Å²) in [5.74, 6) is -0.453. The van der Waals surface area contributed by atoms with E-state index in [1.54, 1.807) is 29.2 Å². The van der Waals surface area contributed by atoms with Crippen LogP contribution in [0.15, 0.2) is 90.9 Å². The molecule has 0 aliphatic heterocycles. The second-order valence-corrected chi connectivity index (χ2v) is 7.77. The molecule has 33 heavy (non-hydrogen) atoms. The number of pyridine rings is 1. The summed E-state index contributed by atoms with van der Waals surface area (Å²) in [7, 11) is 0. The van der Waals surface area contributed by atoms with E-state index < -0.39 is 5.91 Å². The summed E-state index contributed by atoms with van der Waals surface area (Å²) in [4.78, 5) is 16.7. The largest absolute Gasteiger partial charge is 0.347 e. The van der Waals surface area contributed by atoms with Crippen molar-refractivity contribution in [2.45, 2.75) is 13.1 Å². The summed E-state index contributed by atoms with van der Waals surface area (Å²) >= 11 is 5.99. The van der Waals surface area contributed by atoms with Crippen LogP contribution in [0.3, 0.4) is 0 Å². The summed E-state index contributed by atoms with van der Waals surface area (Å²) in [5.41, 5.74) is 4.16. The molecule has 0 spiro atoms. The van der Waals surface area contributed by atoms with Crippen molar-refractivity contribution < 1.29 is 4.79 Å². The van der Waals surface area contributed by atoms with Gasteiger partial charge in [0.1, 0.15) is 11.6 Å². The van der Waals surface area contributed by atoms with Gasteiger partial charge in [-0.2, -0.15) is 10.4 Å². The van der Waals surface area contributed by atoms with E-state index in [2.05, 4.69) is 10.3 Å². The lowest BCUT2D eigenvalue weighted by Gasteiger charge is -2.04. The van der Waals surface area contributed by atoms with Crippen LogP contribution in [0.5, 0.6) is 0 Å². The number of hydrogen-bond acceptors (Lipinski definition) is 4. The van der Waals surface area contributed by atoms with Crippen LogP contribution in [-0.2, 0) is 17.9 Å². The number of rotatable bonds is 7. The summed E-state index contributed by atoms with van der Waals surface area (Å²) in [6.45, 7) is 0.812. The molecule has 2 aromatic heterocycles. The molecule has 2 heterocycles. The van der Waals surface area contributed by atoms with E-state index in [1.165, 1.54) is 0 Å². The van der Waals surface area contributed by atoms with Crippen molar-refractivity contribution in [3.63, 3.8) is 0 Å². The van der Waals surface area contributed by atoms with Crippen LogP contribution in [0.4, 0.5) is 0 Å². The fraction of sp³-hybridized carbons (Fsp3) is 0.0769. The quantitative estimate of drug-likeness (QED) is 0.319. The number of nitriles is 1. The highest BCUT2D eigenvalue weighted by atomic mass is 35.5. The first-order valence-electron chi connectivity index (χ1n) is 10.3. The lowest BCUT2D eigenvalue weighted by Crippen LogP contribution is -2.24. The number of hydrogen-bond donors (Lipinski definition) is 1. The molecule has 0 aliphatic rings. The van der Waals surface area contributed by atoms with E-state index in [1.807, 2.05) is 72.9 Å². The maximum atomic E-state index is 12.7. The standard InChI is InChI=1S/C26H20ClN5O/c27-24-10-8-19(9-11-24)17-32-18-23(25(31-32)21-6-2-1-3-7-21)13-22(14-28)26(33)30-16-20-5-4-12-29-15-20/h1-13,15,18H,16-17H2,(H,30,33)/b22-13-. The second-order valence-electron chi connectivity index (χ2n) is 7.34. The fourth-order valence-electron chi connectivity index (χ4n) is 3.31. The SMILES string of the molecule is N#C/C(=C/c1cn(Cc2ccc(Cl)cc2)nc1-c1ccccc1)C(=O)NCc1cccnc1. The third-order valence-corrected chi connectivity index (χ3v) is 5.19. The first-order chi connectivity index (χ1) is 16.1. The van der Waals surface area contributed by atoms with Crippen LogP contribution in [-0.4, -0.2) is 20.7 Å². The Balaban J connectivity index is 1.63. The molecular weight excluding hydrogens is 434 g/mol. The van der Waals surface area contributed by atoms with E-state index in [4.69, 9.17) is 16.7 Å². The van der Waals surface area contributed by atoms with Crippen LogP contribution in [0.2, 0.25) is 5.02 Å². The molecule has 2 aromatic carbocycles. The van der Waals surface area contributed by atoms with Gasteiger partial charge in [-0.1, -0.05) is 60.1 Å². The van der Waals surface area contributed by atoms with E-state index in [0.29, 0.717) is 22.8 Å². The minimum Gasteiger partial charge on any atom is -0.347 e. The Bertz CT molecular complexity index is 1310. The van der Waals surface area contributed by atoms with Crippen LogP contribution in [0.1, 0.15) is 16.7 Å². The smallest absolute Gasteiger partial charge is 0.262 e. The monoisotopic (exact) mass is 453 g/mol.